The molecule has 0 fully saturated rings. The maximum absolute atomic E-state index is 8.86. The fraction of sp³-hybridized carbons (Fsp3) is 0.667. The number of anilines is 2. The van der Waals surface area contributed by atoms with Crippen molar-refractivity contribution in [2.75, 3.05) is 24.2 Å². The van der Waals surface area contributed by atoms with Crippen molar-refractivity contribution in [2.24, 2.45) is 13.0 Å². The van der Waals surface area contributed by atoms with Gasteiger partial charge in [-0.2, -0.15) is 5.10 Å². The van der Waals surface area contributed by atoms with Gasteiger partial charge in [0.05, 0.1) is 11.4 Å². The first-order valence-electron chi connectivity index (χ1n) is 4.70. The van der Waals surface area contributed by atoms with Crippen LogP contribution in [0.3, 0.4) is 0 Å². The quantitative estimate of drug-likeness (QED) is 0.652. The molecule has 5 heteroatoms. The van der Waals surface area contributed by atoms with Gasteiger partial charge in [-0.05, 0) is 12.8 Å². The molecule has 5 nitrogen and oxygen atoms in total. The van der Waals surface area contributed by atoms with E-state index in [0.29, 0.717) is 12.2 Å². The Balaban J connectivity index is 2.67. The molecule has 4 N–H and O–H groups in total. The lowest BCUT2D eigenvalue weighted by atomic mass is 10.2. The molecule has 0 saturated heterocycles. The first-order valence-corrected chi connectivity index (χ1v) is 4.70. The van der Waals surface area contributed by atoms with Gasteiger partial charge in [-0.15, -0.1) is 0 Å². The summed E-state index contributed by atoms with van der Waals surface area (Å²) in [6.45, 7) is 4.70. The Labute approximate surface area is 83.9 Å². The molecule has 0 aliphatic heterocycles. The predicted molar refractivity (Wildman–Crippen MR) is 57.1 cm³/mol. The standard InChI is InChI=1S/C9H18N4O/c1-6(5-14)4-11-9-8(10)7(2)12-13(9)3/h6,11,14H,4-5,10H2,1-3H3. The molecular formula is C9H18N4O. The lowest BCUT2D eigenvalue weighted by Gasteiger charge is -2.11. The van der Waals surface area contributed by atoms with Crippen molar-refractivity contribution in [3.8, 4) is 0 Å². The zero-order valence-corrected chi connectivity index (χ0v) is 8.91. The molecule has 0 amide bonds. The van der Waals surface area contributed by atoms with Crippen molar-refractivity contribution >= 4 is 11.5 Å². The number of aliphatic hydroxyl groups is 1. The zero-order valence-electron chi connectivity index (χ0n) is 8.91. The third-order valence-electron chi connectivity index (χ3n) is 2.20. The third-order valence-corrected chi connectivity index (χ3v) is 2.20. The Morgan fingerprint density at radius 3 is 2.71 bits per heavy atom. The summed E-state index contributed by atoms with van der Waals surface area (Å²) in [4.78, 5) is 0. The number of hydrogen-bond donors (Lipinski definition) is 3. The second-order valence-corrected chi connectivity index (χ2v) is 3.64. The van der Waals surface area contributed by atoms with Gasteiger partial charge in [0, 0.05) is 20.2 Å². The summed E-state index contributed by atoms with van der Waals surface area (Å²) >= 11 is 0. The zero-order chi connectivity index (χ0) is 10.7. The summed E-state index contributed by atoms with van der Waals surface area (Å²) < 4.78 is 1.72. The second kappa shape index (κ2) is 4.32. The van der Waals surface area contributed by atoms with Gasteiger partial charge in [0.2, 0.25) is 0 Å². The molecule has 0 radical (unpaired) electrons. The number of aliphatic hydroxyl groups excluding tert-OH is 1. The van der Waals surface area contributed by atoms with Crippen LogP contribution in [0, 0.1) is 12.8 Å². The van der Waals surface area contributed by atoms with Crippen LogP contribution in [0.25, 0.3) is 0 Å². The maximum atomic E-state index is 8.86. The number of aromatic nitrogens is 2. The van der Waals surface area contributed by atoms with E-state index in [0.717, 1.165) is 11.5 Å². The number of rotatable bonds is 4. The van der Waals surface area contributed by atoms with Crippen molar-refractivity contribution < 1.29 is 5.11 Å². The van der Waals surface area contributed by atoms with Gasteiger partial charge in [-0.1, -0.05) is 6.92 Å². The van der Waals surface area contributed by atoms with Gasteiger partial charge in [0.25, 0.3) is 0 Å². The minimum Gasteiger partial charge on any atom is -0.396 e. The van der Waals surface area contributed by atoms with Crippen LogP contribution in [0.5, 0.6) is 0 Å². The number of hydrogen-bond acceptors (Lipinski definition) is 4. The highest BCUT2D eigenvalue weighted by Crippen LogP contribution is 2.20. The minimum atomic E-state index is 0.170. The summed E-state index contributed by atoms with van der Waals surface area (Å²) in [5.74, 6) is 1.03. The molecule has 1 aromatic heterocycles. The lowest BCUT2D eigenvalue weighted by molar-refractivity contribution is 0.244. The Kier molecular flexibility index (Phi) is 3.35. The Bertz CT molecular complexity index is 308. The first kappa shape index (κ1) is 10.8. The number of nitrogens with two attached hydrogens (primary N) is 1. The van der Waals surface area contributed by atoms with Crippen LogP contribution in [0.1, 0.15) is 12.6 Å². The number of nitrogens with zero attached hydrogens (tertiary/aromatic N) is 2. The van der Waals surface area contributed by atoms with E-state index in [1.165, 1.54) is 0 Å². The molecule has 14 heavy (non-hydrogen) atoms. The molecule has 0 saturated carbocycles. The summed E-state index contributed by atoms with van der Waals surface area (Å²) in [5.41, 5.74) is 7.33. The van der Waals surface area contributed by atoms with Crippen molar-refractivity contribution in [1.29, 1.82) is 0 Å². The van der Waals surface area contributed by atoms with Crippen LogP contribution in [-0.4, -0.2) is 28.0 Å². The summed E-state index contributed by atoms with van der Waals surface area (Å²) in [6.07, 6.45) is 0. The minimum absolute atomic E-state index is 0.170. The van der Waals surface area contributed by atoms with Crippen LogP contribution in [-0.2, 0) is 7.05 Å². The van der Waals surface area contributed by atoms with Crippen LogP contribution in [0.15, 0.2) is 0 Å². The smallest absolute Gasteiger partial charge is 0.147 e. The molecule has 0 spiro atoms. The van der Waals surface area contributed by atoms with E-state index in [-0.39, 0.29) is 12.5 Å². The topological polar surface area (TPSA) is 76.1 Å². The summed E-state index contributed by atoms with van der Waals surface area (Å²) in [5, 5.41) is 16.2. The fourth-order valence-electron chi connectivity index (χ4n) is 1.22. The highest BCUT2D eigenvalue weighted by atomic mass is 16.3. The van der Waals surface area contributed by atoms with Gasteiger partial charge in [0.1, 0.15) is 5.82 Å². The Morgan fingerprint density at radius 1 is 1.64 bits per heavy atom. The predicted octanol–water partition coefficient (Wildman–Crippen LogP) is 0.351. The number of nitrogens with one attached hydrogen (secondary N) is 1. The molecule has 0 aliphatic rings. The molecule has 1 unspecified atom stereocenters. The highest BCUT2D eigenvalue weighted by Gasteiger charge is 2.10. The Morgan fingerprint density at radius 2 is 2.29 bits per heavy atom. The lowest BCUT2D eigenvalue weighted by Crippen LogP contribution is -2.16. The van der Waals surface area contributed by atoms with E-state index in [2.05, 4.69) is 10.4 Å². The van der Waals surface area contributed by atoms with Gasteiger partial charge >= 0.3 is 0 Å². The molecule has 0 bridgehead atoms. The second-order valence-electron chi connectivity index (χ2n) is 3.64. The van der Waals surface area contributed by atoms with Crippen molar-refractivity contribution in [1.82, 2.24) is 9.78 Å². The fourth-order valence-corrected chi connectivity index (χ4v) is 1.22. The largest absolute Gasteiger partial charge is 0.396 e. The first-order chi connectivity index (χ1) is 6.56. The average molecular weight is 198 g/mol. The molecule has 0 aromatic carbocycles. The van der Waals surface area contributed by atoms with E-state index in [4.69, 9.17) is 10.8 Å². The van der Waals surface area contributed by atoms with Crippen molar-refractivity contribution in [3.63, 3.8) is 0 Å². The molecular weight excluding hydrogens is 180 g/mol. The SMILES string of the molecule is Cc1nn(C)c(NCC(C)CO)c1N. The maximum Gasteiger partial charge on any atom is 0.147 e. The van der Waals surface area contributed by atoms with Gasteiger partial charge in [-0.3, -0.25) is 4.68 Å². The van der Waals surface area contributed by atoms with Gasteiger partial charge < -0.3 is 16.2 Å². The van der Waals surface area contributed by atoms with E-state index < -0.39 is 0 Å². The molecule has 1 heterocycles. The molecule has 1 aromatic rings. The van der Waals surface area contributed by atoms with Crippen LogP contribution in [0.4, 0.5) is 11.5 Å². The van der Waals surface area contributed by atoms with Crippen LogP contribution in [0.2, 0.25) is 0 Å². The molecule has 1 atom stereocenters. The average Bonchev–Trinajstić information content (AvgIpc) is 2.39. The molecule has 80 valence electrons. The van der Waals surface area contributed by atoms with E-state index in [9.17, 15) is 0 Å². The Hall–Kier alpha value is -1.23. The van der Waals surface area contributed by atoms with Gasteiger partial charge in [0.15, 0.2) is 0 Å². The number of aryl methyl sites for hydroxylation is 2. The van der Waals surface area contributed by atoms with Crippen molar-refractivity contribution in [2.45, 2.75) is 13.8 Å². The van der Waals surface area contributed by atoms with E-state index in [1.54, 1.807) is 4.68 Å². The van der Waals surface area contributed by atoms with E-state index in [1.807, 2.05) is 20.9 Å². The summed E-state index contributed by atoms with van der Waals surface area (Å²) in [7, 11) is 1.84. The number of nitrogen functional groups attached to an aromatic ring is 1. The monoisotopic (exact) mass is 198 g/mol. The van der Waals surface area contributed by atoms with Crippen LogP contribution >= 0.6 is 0 Å². The molecule has 0 aliphatic carbocycles. The van der Waals surface area contributed by atoms with Crippen LogP contribution < -0.4 is 11.1 Å². The summed E-state index contributed by atoms with van der Waals surface area (Å²) in [6, 6.07) is 0. The highest BCUT2D eigenvalue weighted by molar-refractivity contribution is 5.64. The van der Waals surface area contributed by atoms with E-state index >= 15 is 0 Å². The normalized spacial score (nSPS) is 12.9. The van der Waals surface area contributed by atoms with Crippen molar-refractivity contribution in [3.05, 3.63) is 5.69 Å². The van der Waals surface area contributed by atoms with Gasteiger partial charge in [-0.25, -0.2) is 0 Å². The molecule has 1 rings (SSSR count). The third kappa shape index (κ3) is 2.17.